The molecule has 0 aliphatic heterocycles. The summed E-state index contributed by atoms with van der Waals surface area (Å²) in [7, 11) is 1.51. The molecular formula is C11H17N3O3. The number of nitrogens with zero attached hydrogens (tertiary/aromatic N) is 3. The van der Waals surface area contributed by atoms with Crippen molar-refractivity contribution in [2.45, 2.75) is 13.8 Å². The summed E-state index contributed by atoms with van der Waals surface area (Å²) in [5.41, 5.74) is 0. The predicted molar refractivity (Wildman–Crippen MR) is 63.3 cm³/mol. The number of carboxylic acids is 1. The fourth-order valence-electron chi connectivity index (χ4n) is 1.42. The molecule has 17 heavy (non-hydrogen) atoms. The van der Waals surface area contributed by atoms with E-state index in [1.807, 2.05) is 13.8 Å². The van der Waals surface area contributed by atoms with Gasteiger partial charge in [-0.1, -0.05) is 13.8 Å². The van der Waals surface area contributed by atoms with Gasteiger partial charge in [0.15, 0.2) is 0 Å². The molecule has 1 aromatic heterocycles. The summed E-state index contributed by atoms with van der Waals surface area (Å²) in [5, 5.41) is 8.86. The molecule has 1 aromatic rings. The Bertz CT molecular complexity index is 382. The van der Waals surface area contributed by atoms with Crippen LogP contribution in [0.3, 0.4) is 0 Å². The highest BCUT2D eigenvalue weighted by molar-refractivity contribution is 5.72. The fraction of sp³-hybridized carbons (Fsp3) is 0.545. The van der Waals surface area contributed by atoms with E-state index in [4.69, 9.17) is 9.84 Å². The van der Waals surface area contributed by atoms with E-state index in [9.17, 15) is 4.79 Å². The second kappa shape index (κ2) is 6.03. The molecule has 6 nitrogen and oxygen atoms in total. The average molecular weight is 239 g/mol. The lowest BCUT2D eigenvalue weighted by atomic mass is 10.2. The smallest absolute Gasteiger partial charge is 0.323 e. The van der Waals surface area contributed by atoms with Crippen molar-refractivity contribution in [2.24, 2.45) is 5.92 Å². The van der Waals surface area contributed by atoms with Crippen molar-refractivity contribution < 1.29 is 14.6 Å². The first-order valence-electron chi connectivity index (χ1n) is 5.36. The van der Waals surface area contributed by atoms with Crippen molar-refractivity contribution in [3.05, 3.63) is 12.3 Å². The van der Waals surface area contributed by atoms with E-state index in [-0.39, 0.29) is 6.54 Å². The van der Waals surface area contributed by atoms with Gasteiger partial charge in [-0.05, 0) is 5.92 Å². The number of aromatic nitrogens is 2. The van der Waals surface area contributed by atoms with Crippen LogP contribution in [0.4, 0.5) is 5.95 Å². The molecule has 0 aliphatic carbocycles. The Morgan fingerprint density at radius 1 is 1.59 bits per heavy atom. The summed E-state index contributed by atoms with van der Waals surface area (Å²) < 4.78 is 4.99. The quantitative estimate of drug-likeness (QED) is 0.799. The van der Waals surface area contributed by atoms with Crippen molar-refractivity contribution in [2.75, 3.05) is 25.1 Å². The minimum atomic E-state index is -0.905. The Morgan fingerprint density at radius 3 is 2.82 bits per heavy atom. The number of rotatable bonds is 6. The van der Waals surface area contributed by atoms with Gasteiger partial charge < -0.3 is 14.7 Å². The van der Waals surface area contributed by atoms with Gasteiger partial charge in [-0.15, -0.1) is 0 Å². The number of ether oxygens (including phenoxy) is 1. The molecule has 94 valence electrons. The minimum absolute atomic E-state index is 0.120. The summed E-state index contributed by atoms with van der Waals surface area (Å²) >= 11 is 0. The molecule has 0 bridgehead atoms. The molecule has 0 atom stereocenters. The van der Waals surface area contributed by atoms with Gasteiger partial charge in [-0.3, -0.25) is 4.79 Å². The second-order valence-electron chi connectivity index (χ2n) is 4.07. The zero-order valence-electron chi connectivity index (χ0n) is 10.3. The van der Waals surface area contributed by atoms with Gasteiger partial charge in [0, 0.05) is 18.8 Å². The van der Waals surface area contributed by atoms with E-state index >= 15 is 0 Å². The van der Waals surface area contributed by atoms with Gasteiger partial charge in [0.25, 0.3) is 0 Å². The average Bonchev–Trinajstić information content (AvgIpc) is 2.27. The van der Waals surface area contributed by atoms with Crippen LogP contribution in [0, 0.1) is 5.92 Å². The van der Waals surface area contributed by atoms with Gasteiger partial charge >= 0.3 is 5.97 Å². The molecule has 1 heterocycles. The standard InChI is InChI=1S/C11H17N3O3/c1-8(2)6-14(7-10(15)16)11-12-5-4-9(13-11)17-3/h4-5,8H,6-7H2,1-3H3,(H,15,16). The number of hydrogen-bond acceptors (Lipinski definition) is 5. The fourth-order valence-corrected chi connectivity index (χ4v) is 1.42. The maximum Gasteiger partial charge on any atom is 0.323 e. The molecule has 0 spiro atoms. The largest absolute Gasteiger partial charge is 0.481 e. The molecule has 0 unspecified atom stereocenters. The molecule has 1 rings (SSSR count). The number of carboxylic acid groups (broad SMARTS) is 1. The van der Waals surface area contributed by atoms with Gasteiger partial charge in [0.1, 0.15) is 6.54 Å². The molecule has 6 heteroatoms. The Balaban J connectivity index is 2.90. The van der Waals surface area contributed by atoms with Crippen LogP contribution in [0.15, 0.2) is 12.3 Å². The van der Waals surface area contributed by atoms with E-state index in [0.29, 0.717) is 24.3 Å². The predicted octanol–water partition coefficient (Wildman–Crippen LogP) is 1.03. The van der Waals surface area contributed by atoms with Crippen molar-refractivity contribution in [1.29, 1.82) is 0 Å². The Labute approximate surface area is 100 Å². The normalized spacial score (nSPS) is 10.4. The molecule has 0 saturated carbocycles. The van der Waals surface area contributed by atoms with Crippen molar-refractivity contribution in [1.82, 2.24) is 9.97 Å². The Kier molecular flexibility index (Phi) is 4.68. The van der Waals surface area contributed by atoms with Gasteiger partial charge in [0.05, 0.1) is 7.11 Å². The zero-order valence-corrected chi connectivity index (χ0v) is 10.3. The van der Waals surface area contributed by atoms with E-state index in [0.717, 1.165) is 0 Å². The molecule has 1 N–H and O–H groups in total. The van der Waals surface area contributed by atoms with Gasteiger partial charge in [0.2, 0.25) is 11.8 Å². The third-order valence-electron chi connectivity index (χ3n) is 2.02. The number of hydrogen-bond donors (Lipinski definition) is 1. The third kappa shape index (κ3) is 4.26. The number of methoxy groups -OCH3 is 1. The lowest BCUT2D eigenvalue weighted by Gasteiger charge is -2.22. The highest BCUT2D eigenvalue weighted by atomic mass is 16.5. The summed E-state index contributed by atoms with van der Waals surface area (Å²) in [6, 6.07) is 1.62. The molecule has 0 amide bonds. The molecule has 0 aromatic carbocycles. The summed E-state index contributed by atoms with van der Waals surface area (Å²) in [6.45, 7) is 4.48. The SMILES string of the molecule is COc1ccnc(N(CC(=O)O)CC(C)C)n1. The van der Waals surface area contributed by atoms with Crippen LogP contribution in [0.2, 0.25) is 0 Å². The van der Waals surface area contributed by atoms with Crippen molar-refractivity contribution in [3.63, 3.8) is 0 Å². The van der Waals surface area contributed by atoms with Crippen LogP contribution in [0.1, 0.15) is 13.8 Å². The highest BCUT2D eigenvalue weighted by Gasteiger charge is 2.15. The summed E-state index contributed by atoms with van der Waals surface area (Å²) in [4.78, 5) is 20.6. The van der Waals surface area contributed by atoms with Crippen LogP contribution in [-0.2, 0) is 4.79 Å². The van der Waals surface area contributed by atoms with Gasteiger partial charge in [-0.25, -0.2) is 4.98 Å². The first-order chi connectivity index (χ1) is 8.02. The van der Waals surface area contributed by atoms with E-state index in [1.165, 1.54) is 7.11 Å². The zero-order chi connectivity index (χ0) is 12.8. The topological polar surface area (TPSA) is 75.5 Å². The molecule has 0 aliphatic rings. The Morgan fingerprint density at radius 2 is 2.29 bits per heavy atom. The van der Waals surface area contributed by atoms with Gasteiger partial charge in [-0.2, -0.15) is 4.98 Å². The third-order valence-corrected chi connectivity index (χ3v) is 2.02. The number of carbonyl (C=O) groups is 1. The second-order valence-corrected chi connectivity index (χ2v) is 4.07. The maximum absolute atomic E-state index is 10.8. The molecule has 0 saturated heterocycles. The summed E-state index contributed by atoms with van der Waals surface area (Å²) in [6.07, 6.45) is 1.55. The number of anilines is 1. The van der Waals surface area contributed by atoms with Crippen LogP contribution >= 0.6 is 0 Å². The van der Waals surface area contributed by atoms with Crippen LogP contribution < -0.4 is 9.64 Å². The van der Waals surface area contributed by atoms with Crippen LogP contribution in [0.5, 0.6) is 5.88 Å². The Hall–Kier alpha value is -1.85. The van der Waals surface area contributed by atoms with E-state index < -0.39 is 5.97 Å². The maximum atomic E-state index is 10.8. The van der Waals surface area contributed by atoms with Crippen LogP contribution in [-0.4, -0.2) is 41.2 Å². The lowest BCUT2D eigenvalue weighted by molar-refractivity contribution is -0.135. The van der Waals surface area contributed by atoms with E-state index in [1.54, 1.807) is 17.2 Å². The molecule has 0 radical (unpaired) electrons. The first-order valence-corrected chi connectivity index (χ1v) is 5.36. The van der Waals surface area contributed by atoms with E-state index in [2.05, 4.69) is 9.97 Å². The first kappa shape index (κ1) is 13.2. The van der Waals surface area contributed by atoms with Crippen molar-refractivity contribution in [3.8, 4) is 5.88 Å². The highest BCUT2D eigenvalue weighted by Crippen LogP contribution is 2.13. The molecular weight excluding hydrogens is 222 g/mol. The minimum Gasteiger partial charge on any atom is -0.481 e. The lowest BCUT2D eigenvalue weighted by Crippen LogP contribution is -2.34. The van der Waals surface area contributed by atoms with Crippen molar-refractivity contribution >= 4 is 11.9 Å². The summed E-state index contributed by atoms with van der Waals surface area (Å²) in [5.74, 6) is 0.218. The van der Waals surface area contributed by atoms with Crippen LogP contribution in [0.25, 0.3) is 0 Å². The monoisotopic (exact) mass is 239 g/mol. The molecule has 0 fully saturated rings. The number of aliphatic carboxylic acids is 1.